The van der Waals surface area contributed by atoms with Crippen molar-refractivity contribution in [1.29, 1.82) is 0 Å². The van der Waals surface area contributed by atoms with Crippen molar-refractivity contribution in [3.05, 3.63) is 29.8 Å². The number of aliphatic carboxylic acids is 1. The predicted molar refractivity (Wildman–Crippen MR) is 111 cm³/mol. The number of benzene rings is 1. The van der Waals surface area contributed by atoms with Crippen LogP contribution in [0.15, 0.2) is 29.3 Å². The van der Waals surface area contributed by atoms with Gasteiger partial charge in [0.25, 0.3) is 0 Å². The van der Waals surface area contributed by atoms with Crippen molar-refractivity contribution in [3.63, 3.8) is 0 Å². The Balaban J connectivity index is 1.85. The van der Waals surface area contributed by atoms with E-state index in [1.165, 1.54) is 17.3 Å². The Morgan fingerprint density at radius 1 is 1.21 bits per heavy atom. The van der Waals surface area contributed by atoms with E-state index in [1.54, 1.807) is 0 Å². The number of carboxylic acids is 1. The fraction of sp³-hybridized carbons (Fsp3) is 0.526. The van der Waals surface area contributed by atoms with E-state index in [0.29, 0.717) is 11.1 Å². The first kappa shape index (κ1) is 20.9. The zero-order chi connectivity index (χ0) is 20.5. The largest absolute Gasteiger partial charge is 0.481 e. The molecule has 152 valence electrons. The summed E-state index contributed by atoms with van der Waals surface area (Å²) in [5, 5.41) is 9.05. The molecule has 0 saturated carbocycles. The van der Waals surface area contributed by atoms with Crippen LogP contribution in [-0.2, 0) is 19.4 Å². The number of amidine groups is 1. The molecule has 9 heteroatoms. The zero-order valence-corrected chi connectivity index (χ0v) is 17.5. The van der Waals surface area contributed by atoms with Crippen molar-refractivity contribution < 1.29 is 23.1 Å². The third kappa shape index (κ3) is 4.75. The van der Waals surface area contributed by atoms with Gasteiger partial charge in [0.05, 0.1) is 17.5 Å². The number of anilines is 1. The Bertz CT molecular complexity index is 893. The summed E-state index contributed by atoms with van der Waals surface area (Å²) in [4.78, 5) is 28.9. The van der Waals surface area contributed by atoms with E-state index in [-0.39, 0.29) is 48.0 Å². The maximum absolute atomic E-state index is 12.2. The molecule has 7 nitrogen and oxygen atoms in total. The number of sulfone groups is 1. The van der Waals surface area contributed by atoms with E-state index >= 15 is 0 Å². The van der Waals surface area contributed by atoms with Crippen molar-refractivity contribution in [1.82, 2.24) is 0 Å². The smallest absolute Gasteiger partial charge is 0.303 e. The molecule has 1 N–H and O–H groups in total. The van der Waals surface area contributed by atoms with Gasteiger partial charge in [0.1, 0.15) is 0 Å². The Morgan fingerprint density at radius 2 is 1.89 bits per heavy atom. The Hall–Kier alpha value is -1.87. The number of aliphatic imine (C=N–C) groups is 1. The molecule has 2 aliphatic heterocycles. The van der Waals surface area contributed by atoms with Crippen molar-refractivity contribution in [2.24, 2.45) is 4.99 Å². The second-order valence-electron chi connectivity index (χ2n) is 7.45. The average molecular weight is 425 g/mol. The highest BCUT2D eigenvalue weighted by Gasteiger charge is 2.49. The van der Waals surface area contributed by atoms with Gasteiger partial charge in [0, 0.05) is 23.8 Å². The van der Waals surface area contributed by atoms with Crippen LogP contribution in [0.4, 0.5) is 5.69 Å². The van der Waals surface area contributed by atoms with E-state index < -0.39 is 15.8 Å². The van der Waals surface area contributed by atoms with E-state index in [2.05, 4.69) is 18.8 Å². The number of thioether (sulfide) groups is 1. The van der Waals surface area contributed by atoms with Crippen LogP contribution in [0.2, 0.25) is 0 Å². The van der Waals surface area contributed by atoms with Crippen molar-refractivity contribution in [2.75, 3.05) is 16.4 Å². The first-order valence-electron chi connectivity index (χ1n) is 9.26. The zero-order valence-electron chi connectivity index (χ0n) is 15.9. The van der Waals surface area contributed by atoms with Crippen LogP contribution in [0.5, 0.6) is 0 Å². The number of amides is 1. The van der Waals surface area contributed by atoms with Gasteiger partial charge in [0.15, 0.2) is 15.0 Å². The highest BCUT2D eigenvalue weighted by atomic mass is 32.2. The first-order valence-corrected chi connectivity index (χ1v) is 12.0. The van der Waals surface area contributed by atoms with Crippen LogP contribution in [0.1, 0.15) is 44.6 Å². The Labute approximate surface area is 169 Å². The van der Waals surface area contributed by atoms with Gasteiger partial charge in [-0.15, -0.1) is 0 Å². The summed E-state index contributed by atoms with van der Waals surface area (Å²) in [5.41, 5.74) is 1.99. The molecule has 2 atom stereocenters. The molecule has 0 spiro atoms. The molecule has 0 bridgehead atoms. The summed E-state index contributed by atoms with van der Waals surface area (Å²) in [5.74, 6) is -0.818. The molecular formula is C19H24N2O5S2. The maximum atomic E-state index is 12.2. The minimum atomic E-state index is -3.11. The fourth-order valence-corrected chi connectivity index (χ4v) is 7.37. The molecule has 1 amide bonds. The van der Waals surface area contributed by atoms with Crippen LogP contribution < -0.4 is 4.90 Å². The molecule has 1 aromatic rings. The van der Waals surface area contributed by atoms with Crippen LogP contribution in [-0.4, -0.2) is 53.4 Å². The number of carboxylic acid groups (broad SMARTS) is 1. The molecular weight excluding hydrogens is 400 g/mol. The second-order valence-corrected chi connectivity index (χ2v) is 10.8. The molecule has 28 heavy (non-hydrogen) atoms. The highest BCUT2D eigenvalue weighted by molar-refractivity contribution is 8.16. The third-order valence-corrected chi connectivity index (χ3v) is 8.12. The molecule has 2 heterocycles. The van der Waals surface area contributed by atoms with Crippen LogP contribution in [0, 0.1) is 0 Å². The minimum absolute atomic E-state index is 0.0445. The summed E-state index contributed by atoms with van der Waals surface area (Å²) >= 11 is 1.32. The summed E-state index contributed by atoms with van der Waals surface area (Å²) in [6.45, 7) is 4.20. The molecule has 0 aliphatic carbocycles. The Kier molecular flexibility index (Phi) is 6.14. The lowest BCUT2D eigenvalue weighted by atomic mass is 10.0. The lowest BCUT2D eigenvalue weighted by molar-refractivity contribution is -0.137. The van der Waals surface area contributed by atoms with Crippen LogP contribution >= 0.6 is 11.8 Å². The molecule has 1 aromatic carbocycles. The van der Waals surface area contributed by atoms with Gasteiger partial charge >= 0.3 is 5.97 Å². The highest BCUT2D eigenvalue weighted by Crippen LogP contribution is 2.41. The monoisotopic (exact) mass is 424 g/mol. The average Bonchev–Trinajstić information content (AvgIpc) is 3.05. The number of hydrogen-bond donors (Lipinski definition) is 1. The van der Waals surface area contributed by atoms with Crippen molar-refractivity contribution >= 4 is 44.3 Å². The standard InChI is InChI=1S/C19H24N2O5S2/c1-12(2)13-6-8-14(9-7-13)21-15-10-28(25,26)11-16(15)27-19(21)20-17(22)4-3-5-18(23)24/h6-9,12,15-16H,3-5,10-11H2,1-2H3,(H,23,24)/t15-,16+/m0/s1. The van der Waals surface area contributed by atoms with E-state index in [9.17, 15) is 18.0 Å². The Morgan fingerprint density at radius 3 is 2.50 bits per heavy atom. The van der Waals surface area contributed by atoms with E-state index in [4.69, 9.17) is 5.11 Å². The molecule has 2 saturated heterocycles. The second kappa shape index (κ2) is 8.24. The minimum Gasteiger partial charge on any atom is -0.481 e. The fourth-order valence-electron chi connectivity index (χ4n) is 3.44. The summed E-state index contributed by atoms with van der Waals surface area (Å²) in [7, 11) is -3.11. The number of carbonyl (C=O) groups excluding carboxylic acids is 1. The molecule has 3 rings (SSSR count). The predicted octanol–water partition coefficient (Wildman–Crippen LogP) is 2.67. The summed E-state index contributed by atoms with van der Waals surface area (Å²) < 4.78 is 24.2. The van der Waals surface area contributed by atoms with E-state index in [0.717, 1.165) is 5.69 Å². The number of fused-ring (bicyclic) bond motifs is 1. The van der Waals surface area contributed by atoms with Gasteiger partial charge in [-0.05, 0) is 30.0 Å². The van der Waals surface area contributed by atoms with Gasteiger partial charge in [-0.3, -0.25) is 9.59 Å². The first-order chi connectivity index (χ1) is 13.2. The number of hydrogen-bond acceptors (Lipinski definition) is 5. The van der Waals surface area contributed by atoms with Gasteiger partial charge in [-0.25, -0.2) is 8.42 Å². The molecule has 0 aromatic heterocycles. The quantitative estimate of drug-likeness (QED) is 0.748. The summed E-state index contributed by atoms with van der Waals surface area (Å²) in [6, 6.07) is 7.65. The van der Waals surface area contributed by atoms with Gasteiger partial charge in [-0.2, -0.15) is 4.99 Å². The lowest BCUT2D eigenvalue weighted by Crippen LogP contribution is -2.37. The van der Waals surface area contributed by atoms with E-state index in [1.807, 2.05) is 29.2 Å². The topological polar surface area (TPSA) is 104 Å². The number of nitrogens with zero attached hydrogens (tertiary/aromatic N) is 2. The molecule has 0 radical (unpaired) electrons. The maximum Gasteiger partial charge on any atom is 0.303 e. The van der Waals surface area contributed by atoms with Crippen LogP contribution in [0.25, 0.3) is 0 Å². The third-order valence-electron chi connectivity index (χ3n) is 4.91. The summed E-state index contributed by atoms with van der Waals surface area (Å²) in [6.07, 6.45) is 0.220. The van der Waals surface area contributed by atoms with Gasteiger partial charge in [0.2, 0.25) is 5.91 Å². The number of carbonyl (C=O) groups is 2. The molecule has 0 unspecified atom stereocenters. The normalized spacial score (nSPS) is 24.7. The van der Waals surface area contributed by atoms with Gasteiger partial charge in [-0.1, -0.05) is 37.7 Å². The molecule has 2 aliphatic rings. The van der Waals surface area contributed by atoms with Crippen molar-refractivity contribution in [2.45, 2.75) is 50.3 Å². The van der Waals surface area contributed by atoms with Gasteiger partial charge < -0.3 is 10.0 Å². The SMILES string of the molecule is CC(C)c1ccc(N2C(=NC(=O)CCCC(=O)O)S[C@@H]3CS(=O)(=O)C[C@@H]32)cc1. The molecule has 2 fully saturated rings. The lowest BCUT2D eigenvalue weighted by Gasteiger charge is -2.25. The number of rotatable bonds is 6. The van der Waals surface area contributed by atoms with Crippen molar-refractivity contribution in [3.8, 4) is 0 Å². The van der Waals surface area contributed by atoms with Crippen LogP contribution in [0.3, 0.4) is 0 Å².